The maximum Gasteiger partial charge on any atom is 0.325 e. The largest absolute Gasteiger partial charge is 0.459 e. The Labute approximate surface area is 137 Å². The van der Waals surface area contributed by atoms with Crippen molar-refractivity contribution in [2.24, 2.45) is 16.5 Å². The molecule has 1 aromatic rings. The van der Waals surface area contributed by atoms with E-state index in [0.29, 0.717) is 0 Å². The zero-order valence-corrected chi connectivity index (χ0v) is 13.6. The lowest BCUT2D eigenvalue weighted by atomic mass is 10.2. The van der Waals surface area contributed by atoms with Crippen LogP contribution in [0.5, 0.6) is 0 Å². The van der Waals surface area contributed by atoms with E-state index < -0.39 is 23.4 Å². The van der Waals surface area contributed by atoms with Crippen molar-refractivity contribution in [3.8, 4) is 0 Å². The first-order chi connectivity index (χ1) is 10.5. The van der Waals surface area contributed by atoms with Gasteiger partial charge in [-0.1, -0.05) is 11.6 Å². The van der Waals surface area contributed by atoms with Gasteiger partial charge in [-0.15, -0.1) is 0 Å². The van der Waals surface area contributed by atoms with Gasteiger partial charge in [0.05, 0.1) is 0 Å². The summed E-state index contributed by atoms with van der Waals surface area (Å²) in [4.78, 5) is 34.2. The number of amides is 1. The standard InChI is InChI=1S/C12H18ClN7O3/c1-12(2,3)23-5(21)4-17-9-7(13)18-6(8(14)19-9)10(22)20-11(15)16/h4H2,1-3H3,(H3,14,17,19)(H4,15,16,20,22). The SMILES string of the molecule is CC(C)(C)OC(=O)CNc1nc(N)c(C(=O)N=C(N)N)nc1Cl. The molecule has 1 aromatic heterocycles. The maximum absolute atomic E-state index is 11.7. The zero-order valence-electron chi connectivity index (χ0n) is 12.9. The monoisotopic (exact) mass is 343 g/mol. The molecule has 1 rings (SSSR count). The van der Waals surface area contributed by atoms with Gasteiger partial charge in [-0.05, 0) is 20.8 Å². The molecule has 0 saturated heterocycles. The van der Waals surface area contributed by atoms with E-state index in [9.17, 15) is 9.59 Å². The Balaban J connectivity index is 2.87. The minimum absolute atomic E-state index is 0.0243. The molecular weight excluding hydrogens is 326 g/mol. The summed E-state index contributed by atoms with van der Waals surface area (Å²) in [6, 6.07) is 0. The zero-order chi connectivity index (χ0) is 17.8. The highest BCUT2D eigenvalue weighted by atomic mass is 35.5. The third-order valence-corrected chi connectivity index (χ3v) is 2.40. The Hall–Kier alpha value is -2.62. The summed E-state index contributed by atoms with van der Waals surface area (Å²) in [6.45, 7) is 5.01. The molecule has 0 radical (unpaired) electrons. The maximum atomic E-state index is 11.7. The van der Waals surface area contributed by atoms with Gasteiger partial charge in [-0.25, -0.2) is 9.97 Å². The molecule has 0 unspecified atom stereocenters. The minimum Gasteiger partial charge on any atom is -0.459 e. The Bertz CT molecular complexity index is 651. The van der Waals surface area contributed by atoms with E-state index in [0.717, 1.165) is 0 Å². The van der Waals surface area contributed by atoms with E-state index in [4.69, 9.17) is 33.5 Å². The van der Waals surface area contributed by atoms with Gasteiger partial charge < -0.3 is 27.3 Å². The van der Waals surface area contributed by atoms with Gasteiger partial charge in [-0.2, -0.15) is 4.99 Å². The van der Waals surface area contributed by atoms with Gasteiger partial charge in [-0.3, -0.25) is 9.59 Å². The van der Waals surface area contributed by atoms with Crippen LogP contribution in [0.3, 0.4) is 0 Å². The van der Waals surface area contributed by atoms with Crippen molar-refractivity contribution < 1.29 is 14.3 Å². The topological polar surface area (TPSA) is 172 Å². The number of nitrogens with two attached hydrogens (primary N) is 3. The number of aliphatic imine (C=N–C) groups is 1. The lowest BCUT2D eigenvalue weighted by Gasteiger charge is -2.19. The normalized spacial score (nSPS) is 10.8. The van der Waals surface area contributed by atoms with E-state index in [1.807, 2.05) is 0 Å². The van der Waals surface area contributed by atoms with E-state index >= 15 is 0 Å². The van der Waals surface area contributed by atoms with Crippen molar-refractivity contribution in [2.45, 2.75) is 26.4 Å². The molecule has 0 aliphatic carbocycles. The van der Waals surface area contributed by atoms with Gasteiger partial charge in [0.15, 0.2) is 28.4 Å². The van der Waals surface area contributed by atoms with E-state index in [2.05, 4.69) is 20.3 Å². The molecule has 1 amide bonds. The van der Waals surface area contributed by atoms with Crippen molar-refractivity contribution in [1.29, 1.82) is 0 Å². The van der Waals surface area contributed by atoms with Crippen LogP contribution in [0.4, 0.5) is 11.6 Å². The van der Waals surface area contributed by atoms with Crippen molar-refractivity contribution in [1.82, 2.24) is 9.97 Å². The molecule has 0 atom stereocenters. The summed E-state index contributed by atoms with van der Waals surface area (Å²) < 4.78 is 5.11. The average molecular weight is 344 g/mol. The number of rotatable bonds is 4. The Morgan fingerprint density at radius 3 is 2.43 bits per heavy atom. The number of aromatic nitrogens is 2. The first kappa shape index (κ1) is 18.4. The summed E-state index contributed by atoms with van der Waals surface area (Å²) >= 11 is 5.89. The lowest BCUT2D eigenvalue weighted by Crippen LogP contribution is -2.28. The Kier molecular flexibility index (Phi) is 5.68. The second-order valence-corrected chi connectivity index (χ2v) is 5.74. The van der Waals surface area contributed by atoms with Crippen molar-refractivity contribution in [2.75, 3.05) is 17.6 Å². The summed E-state index contributed by atoms with van der Waals surface area (Å²) in [5, 5.41) is 2.46. The van der Waals surface area contributed by atoms with Crippen molar-refractivity contribution in [3.05, 3.63) is 10.8 Å². The van der Waals surface area contributed by atoms with Gasteiger partial charge >= 0.3 is 11.9 Å². The molecule has 0 aliphatic heterocycles. The molecule has 0 saturated carbocycles. The number of carbonyl (C=O) groups is 2. The molecule has 11 heteroatoms. The molecule has 0 bridgehead atoms. The average Bonchev–Trinajstić information content (AvgIpc) is 2.36. The number of guanidine groups is 1. The number of hydrogen-bond acceptors (Lipinski definition) is 7. The molecule has 23 heavy (non-hydrogen) atoms. The van der Waals surface area contributed by atoms with Gasteiger partial charge in [0.2, 0.25) is 0 Å². The smallest absolute Gasteiger partial charge is 0.325 e. The number of hydrogen-bond donors (Lipinski definition) is 4. The molecule has 0 aliphatic rings. The molecule has 7 N–H and O–H groups in total. The third kappa shape index (κ3) is 5.94. The quantitative estimate of drug-likeness (QED) is 0.330. The van der Waals surface area contributed by atoms with Gasteiger partial charge in [0, 0.05) is 0 Å². The van der Waals surface area contributed by atoms with Crippen molar-refractivity contribution >= 4 is 41.1 Å². The number of nitrogen functional groups attached to an aromatic ring is 1. The number of esters is 1. The van der Waals surface area contributed by atoms with E-state index in [-0.39, 0.29) is 29.0 Å². The number of carbonyl (C=O) groups excluding carboxylic acids is 2. The van der Waals surface area contributed by atoms with Crippen LogP contribution in [0.1, 0.15) is 31.3 Å². The number of anilines is 2. The van der Waals surface area contributed by atoms with Crippen LogP contribution in [0.2, 0.25) is 5.15 Å². The highest BCUT2D eigenvalue weighted by molar-refractivity contribution is 6.32. The van der Waals surface area contributed by atoms with Gasteiger partial charge in [0.25, 0.3) is 0 Å². The second kappa shape index (κ2) is 7.09. The van der Waals surface area contributed by atoms with Crippen LogP contribution in [-0.4, -0.2) is 39.9 Å². The Morgan fingerprint density at radius 1 is 1.30 bits per heavy atom. The van der Waals surface area contributed by atoms with Gasteiger partial charge in [0.1, 0.15) is 12.1 Å². The summed E-state index contributed by atoms with van der Waals surface area (Å²) in [5.74, 6) is -2.06. The number of ether oxygens (including phenoxy) is 1. The molecule has 10 nitrogen and oxygen atoms in total. The third-order valence-electron chi connectivity index (χ3n) is 2.13. The fraction of sp³-hybridized carbons (Fsp3) is 0.417. The fourth-order valence-electron chi connectivity index (χ4n) is 1.40. The van der Waals surface area contributed by atoms with E-state index in [1.54, 1.807) is 20.8 Å². The number of halogens is 1. The summed E-state index contributed by atoms with van der Waals surface area (Å²) in [7, 11) is 0. The summed E-state index contributed by atoms with van der Waals surface area (Å²) in [6.07, 6.45) is 0. The first-order valence-electron chi connectivity index (χ1n) is 6.42. The highest BCUT2D eigenvalue weighted by Crippen LogP contribution is 2.21. The second-order valence-electron chi connectivity index (χ2n) is 5.38. The van der Waals surface area contributed by atoms with Crippen LogP contribution in [-0.2, 0) is 9.53 Å². The van der Waals surface area contributed by atoms with Crippen LogP contribution in [0.25, 0.3) is 0 Å². The van der Waals surface area contributed by atoms with Crippen LogP contribution < -0.4 is 22.5 Å². The number of nitrogens with one attached hydrogen (secondary N) is 1. The summed E-state index contributed by atoms with van der Waals surface area (Å²) in [5.41, 5.74) is 14.9. The van der Waals surface area contributed by atoms with Crippen LogP contribution in [0.15, 0.2) is 4.99 Å². The van der Waals surface area contributed by atoms with Crippen LogP contribution >= 0.6 is 11.6 Å². The molecule has 0 aromatic carbocycles. The molecular formula is C12H18ClN7O3. The van der Waals surface area contributed by atoms with Crippen molar-refractivity contribution in [3.63, 3.8) is 0 Å². The molecule has 126 valence electrons. The number of nitrogens with zero attached hydrogens (tertiary/aromatic N) is 3. The molecule has 1 heterocycles. The fourth-order valence-corrected chi connectivity index (χ4v) is 1.60. The molecule has 0 spiro atoms. The van der Waals surface area contributed by atoms with E-state index in [1.165, 1.54) is 0 Å². The predicted molar refractivity (Wildman–Crippen MR) is 85.9 cm³/mol. The predicted octanol–water partition coefficient (Wildman–Crippen LogP) is -0.121. The minimum atomic E-state index is -0.879. The van der Waals surface area contributed by atoms with Crippen LogP contribution in [0, 0.1) is 0 Å². The lowest BCUT2D eigenvalue weighted by molar-refractivity contribution is -0.152. The first-order valence-corrected chi connectivity index (χ1v) is 6.80. The highest BCUT2D eigenvalue weighted by Gasteiger charge is 2.19. The Morgan fingerprint density at radius 2 is 1.91 bits per heavy atom. The molecule has 0 fully saturated rings.